The van der Waals surface area contributed by atoms with Crippen LogP contribution in [-0.4, -0.2) is 3.71 Å². The van der Waals surface area contributed by atoms with Gasteiger partial charge >= 0.3 is 70.3 Å². The quantitative estimate of drug-likeness (QED) is 0.205. The largest absolute Gasteiger partial charge is 1.00 e. The van der Waals surface area contributed by atoms with Gasteiger partial charge in [-0.3, -0.25) is 12.2 Å². The van der Waals surface area contributed by atoms with E-state index in [0.717, 1.165) is 6.42 Å². The van der Waals surface area contributed by atoms with Gasteiger partial charge in [0.2, 0.25) is 0 Å². The average Bonchev–Trinajstić information content (AvgIpc) is 3.70. The number of hydrogen-bond donors (Lipinski definition) is 0. The summed E-state index contributed by atoms with van der Waals surface area (Å²) in [6.07, 6.45) is 12.8. The molecular weight excluding hydrogens is 715 g/mol. The minimum Gasteiger partial charge on any atom is -1.00 e. The molecule has 49 heavy (non-hydrogen) atoms. The van der Waals surface area contributed by atoms with Gasteiger partial charge in [-0.25, -0.2) is 11.1 Å². The number of rotatable bonds is 2. The van der Waals surface area contributed by atoms with Crippen molar-refractivity contribution in [2.75, 3.05) is 0 Å². The van der Waals surface area contributed by atoms with Crippen LogP contribution in [0, 0.1) is 25.0 Å². The van der Waals surface area contributed by atoms with Gasteiger partial charge in [0.1, 0.15) is 0 Å². The Bertz CT molecular complexity index is 1920. The number of hydrogen-bond acceptors (Lipinski definition) is 0. The first-order chi connectivity index (χ1) is 22.3. The smallest absolute Gasteiger partial charge is 1.00 e. The van der Waals surface area contributed by atoms with E-state index in [9.17, 15) is 0 Å². The van der Waals surface area contributed by atoms with Crippen LogP contribution in [0.15, 0.2) is 96.6 Å². The van der Waals surface area contributed by atoms with Gasteiger partial charge in [0.15, 0.2) is 0 Å². The second-order valence-electron chi connectivity index (χ2n) is 14.8. The maximum Gasteiger partial charge on any atom is -1.00 e. The third-order valence-electron chi connectivity index (χ3n) is 10.0. The van der Waals surface area contributed by atoms with Crippen molar-refractivity contribution in [3.8, 4) is 11.1 Å². The Morgan fingerprint density at radius 1 is 0.714 bits per heavy atom. The van der Waals surface area contributed by atoms with E-state index in [-0.39, 0.29) is 35.6 Å². The third-order valence-corrected chi connectivity index (χ3v) is 10.8. The molecule has 4 aromatic rings. The molecule has 0 bridgehead atoms. The molecular formula is C46H46Cl2Zr-2. The molecule has 4 aliphatic rings. The fraction of sp³-hybridized carbons (Fsp3) is 0.283. The topological polar surface area (TPSA) is 0 Å². The van der Waals surface area contributed by atoms with E-state index < -0.39 is 0 Å². The fourth-order valence-corrected chi connectivity index (χ4v) is 8.18. The molecule has 250 valence electrons. The van der Waals surface area contributed by atoms with Crippen LogP contribution in [0.1, 0.15) is 105 Å². The van der Waals surface area contributed by atoms with E-state index in [1.165, 1.54) is 108 Å². The Kier molecular flexibility index (Phi) is 12.1. The molecule has 0 heterocycles. The Balaban J connectivity index is 0.000000190. The molecule has 1 unspecified atom stereocenters. The van der Waals surface area contributed by atoms with Gasteiger partial charge in [0.05, 0.1) is 0 Å². The maximum atomic E-state index is 3.65. The van der Waals surface area contributed by atoms with Crippen LogP contribution >= 0.6 is 0 Å². The van der Waals surface area contributed by atoms with Gasteiger partial charge < -0.3 is 24.8 Å². The molecule has 0 nitrogen and oxygen atoms in total. The molecule has 0 amide bonds. The van der Waals surface area contributed by atoms with E-state index in [1.807, 2.05) is 6.07 Å². The van der Waals surface area contributed by atoms with Crippen LogP contribution in [0.5, 0.6) is 0 Å². The molecule has 0 saturated carbocycles. The van der Waals surface area contributed by atoms with Gasteiger partial charge in [0.25, 0.3) is 0 Å². The van der Waals surface area contributed by atoms with Crippen molar-refractivity contribution in [3.05, 3.63) is 159 Å². The molecule has 1 atom stereocenters. The first-order valence-corrected chi connectivity index (χ1v) is 18.3. The zero-order valence-corrected chi connectivity index (χ0v) is 34.2. The van der Waals surface area contributed by atoms with E-state index in [0.29, 0.717) is 5.92 Å². The SMILES string of the molecule is CC1=[C-]C(C)(C)c2cc3c(cc21)-c1cc2c(cc1C3)C(C)(C)C=C2C.CC1=[C-]C(C)C=C1c1ccccc1.Cc1ccc([CH]=[Zr+2])cc1.[Cl-].[Cl-]. The summed E-state index contributed by atoms with van der Waals surface area (Å²) in [5.41, 5.74) is 21.1. The number of benzene rings is 4. The van der Waals surface area contributed by atoms with Crippen molar-refractivity contribution in [1.82, 2.24) is 0 Å². The average molecular weight is 761 g/mol. The summed E-state index contributed by atoms with van der Waals surface area (Å²) in [4.78, 5) is 0. The molecule has 0 spiro atoms. The van der Waals surface area contributed by atoms with Crippen molar-refractivity contribution in [1.29, 1.82) is 0 Å². The monoisotopic (exact) mass is 758 g/mol. The number of allylic oxidation sites excluding steroid dienone is 8. The van der Waals surface area contributed by atoms with E-state index in [2.05, 4.69) is 163 Å². The molecule has 0 saturated heterocycles. The standard InChI is InChI=1S/C25H25.C13H13.C8H8.2ClH.Zr/c1-14-12-24(3,4)22-8-16-7-17-9-23-19(15(2)13-25(23,5)6)11-21(17)20(16)10-18(14)22;1-10-8-11(2)13(9-10)12-6-4-3-5-7-12;1-7-3-5-8(2)6-4-7;;;/h8-12H,7H2,1-6H3;3-7,9-10H,1-2H3;1,3-6H,2H3;2*1H;/q2*-1;;;;+2/p-2. The van der Waals surface area contributed by atoms with Crippen LogP contribution in [0.4, 0.5) is 0 Å². The minimum atomic E-state index is 0. The van der Waals surface area contributed by atoms with E-state index in [4.69, 9.17) is 0 Å². The predicted octanol–water partition coefficient (Wildman–Crippen LogP) is 5.62. The van der Waals surface area contributed by atoms with Crippen molar-refractivity contribution in [2.24, 2.45) is 5.92 Å². The van der Waals surface area contributed by atoms with Gasteiger partial charge in [-0.2, -0.15) is 17.2 Å². The Hall–Kier alpha value is -2.83. The second kappa shape index (κ2) is 15.2. The summed E-state index contributed by atoms with van der Waals surface area (Å²) in [6.45, 7) is 20.1. The summed E-state index contributed by atoms with van der Waals surface area (Å²) in [6, 6.07) is 28.9. The Morgan fingerprint density at radius 3 is 1.88 bits per heavy atom. The Labute approximate surface area is 322 Å². The van der Waals surface area contributed by atoms with Crippen molar-refractivity contribution in [3.63, 3.8) is 0 Å². The zero-order valence-electron chi connectivity index (χ0n) is 30.3. The van der Waals surface area contributed by atoms with Crippen LogP contribution in [0.2, 0.25) is 0 Å². The fourth-order valence-electron chi connectivity index (χ4n) is 7.70. The first-order valence-electron chi connectivity index (χ1n) is 16.9. The van der Waals surface area contributed by atoms with Gasteiger partial charge in [-0.15, -0.1) is 17.2 Å². The van der Waals surface area contributed by atoms with Crippen molar-refractivity contribution < 1.29 is 49.0 Å². The molecule has 0 aliphatic heterocycles. The third kappa shape index (κ3) is 7.91. The maximum absolute atomic E-state index is 3.65. The molecule has 8 rings (SSSR count). The molecule has 0 fully saturated rings. The van der Waals surface area contributed by atoms with Crippen molar-refractivity contribution in [2.45, 2.75) is 79.6 Å². The number of halogens is 2. The Morgan fingerprint density at radius 2 is 1.31 bits per heavy atom. The predicted molar refractivity (Wildman–Crippen MR) is 199 cm³/mol. The number of aryl methyl sites for hydroxylation is 1. The van der Waals surface area contributed by atoms with Crippen LogP contribution in [0.25, 0.3) is 27.8 Å². The van der Waals surface area contributed by atoms with E-state index >= 15 is 0 Å². The molecule has 0 aromatic heterocycles. The number of fused-ring (bicyclic) bond motifs is 5. The van der Waals surface area contributed by atoms with Gasteiger partial charge in [-0.05, 0) is 58.4 Å². The van der Waals surface area contributed by atoms with Crippen molar-refractivity contribution >= 4 is 20.4 Å². The minimum absolute atomic E-state index is 0. The van der Waals surface area contributed by atoms with Crippen LogP contribution in [0.3, 0.4) is 0 Å². The van der Waals surface area contributed by atoms with Gasteiger partial charge in [-0.1, -0.05) is 108 Å². The van der Waals surface area contributed by atoms with Gasteiger partial charge in [0, 0.05) is 5.41 Å². The molecule has 0 radical (unpaired) electrons. The second-order valence-corrected chi connectivity index (χ2v) is 15.5. The summed E-state index contributed by atoms with van der Waals surface area (Å²) in [7, 11) is 0. The summed E-state index contributed by atoms with van der Waals surface area (Å²) in [5.74, 6) is 0.468. The summed E-state index contributed by atoms with van der Waals surface area (Å²) < 4.78 is 2.19. The summed E-state index contributed by atoms with van der Waals surface area (Å²) in [5, 5.41) is 0. The van der Waals surface area contributed by atoms with Crippen LogP contribution < -0.4 is 24.8 Å². The molecule has 3 heteroatoms. The zero-order chi connectivity index (χ0) is 33.7. The van der Waals surface area contributed by atoms with Crippen LogP contribution in [-0.2, 0) is 41.5 Å². The normalized spacial score (nSPS) is 17.8. The molecule has 0 N–H and O–H groups in total. The molecule has 4 aromatic carbocycles. The van der Waals surface area contributed by atoms with E-state index in [1.54, 1.807) is 0 Å². The first kappa shape index (κ1) is 39.0. The molecule has 4 aliphatic carbocycles. The summed E-state index contributed by atoms with van der Waals surface area (Å²) >= 11 is 1.47.